The molecule has 0 aromatic rings. The van der Waals surface area contributed by atoms with Gasteiger partial charge in [-0.15, -0.1) is 0 Å². The number of alkyl halides is 1. The molecule has 5 atom stereocenters. The van der Waals surface area contributed by atoms with E-state index >= 15 is 0 Å². The summed E-state index contributed by atoms with van der Waals surface area (Å²) >= 11 is 2.70. The summed E-state index contributed by atoms with van der Waals surface area (Å²) in [6.07, 6.45) is 4.49. The van der Waals surface area contributed by atoms with Crippen LogP contribution in [-0.4, -0.2) is 3.92 Å². The molecule has 2 bridgehead atoms. The average molecular weight is 264 g/mol. The van der Waals surface area contributed by atoms with Gasteiger partial charge in [-0.1, -0.05) is 42.9 Å². The number of hydrogen-bond donors (Lipinski definition) is 0. The van der Waals surface area contributed by atoms with Gasteiger partial charge in [0, 0.05) is 3.92 Å². The standard InChI is InChI=1S/C10H17I/c1-3-8-9-5-7(10(8)11)4-6(9)2/h6-10H,3-5H2,1-2H3. The zero-order valence-electron chi connectivity index (χ0n) is 7.39. The number of rotatable bonds is 1. The van der Waals surface area contributed by atoms with Gasteiger partial charge in [0.1, 0.15) is 0 Å². The molecule has 0 aliphatic heterocycles. The normalized spacial score (nSPS) is 55.4. The molecule has 2 saturated carbocycles. The lowest BCUT2D eigenvalue weighted by Gasteiger charge is -2.30. The maximum absolute atomic E-state index is 2.70. The first-order valence-electron chi connectivity index (χ1n) is 4.88. The molecule has 64 valence electrons. The van der Waals surface area contributed by atoms with Gasteiger partial charge in [0.25, 0.3) is 0 Å². The fourth-order valence-corrected chi connectivity index (χ4v) is 4.93. The smallest absolute Gasteiger partial charge is 0.0169 e. The van der Waals surface area contributed by atoms with Crippen LogP contribution in [-0.2, 0) is 0 Å². The predicted octanol–water partition coefficient (Wildman–Crippen LogP) is 3.49. The predicted molar refractivity (Wildman–Crippen MR) is 57.0 cm³/mol. The lowest BCUT2D eigenvalue weighted by Crippen LogP contribution is -2.26. The van der Waals surface area contributed by atoms with Crippen molar-refractivity contribution in [1.29, 1.82) is 0 Å². The SMILES string of the molecule is CCC1C(I)C2CC(C)C1C2. The summed E-state index contributed by atoms with van der Waals surface area (Å²) in [5.41, 5.74) is 0. The Labute approximate surface area is 83.3 Å². The van der Waals surface area contributed by atoms with Crippen LogP contribution in [0.5, 0.6) is 0 Å². The molecule has 0 heterocycles. The van der Waals surface area contributed by atoms with Crippen molar-refractivity contribution in [2.45, 2.75) is 37.0 Å². The van der Waals surface area contributed by atoms with Gasteiger partial charge >= 0.3 is 0 Å². The van der Waals surface area contributed by atoms with Crippen LogP contribution in [0.3, 0.4) is 0 Å². The minimum Gasteiger partial charge on any atom is -0.0820 e. The summed E-state index contributed by atoms with van der Waals surface area (Å²) < 4.78 is 1.01. The van der Waals surface area contributed by atoms with Crippen LogP contribution in [0.15, 0.2) is 0 Å². The van der Waals surface area contributed by atoms with Gasteiger partial charge in [0.05, 0.1) is 0 Å². The van der Waals surface area contributed by atoms with Gasteiger partial charge in [-0.3, -0.25) is 0 Å². The molecular formula is C10H17I. The van der Waals surface area contributed by atoms with Crippen LogP contribution in [0.2, 0.25) is 0 Å². The van der Waals surface area contributed by atoms with Crippen LogP contribution in [0.25, 0.3) is 0 Å². The molecule has 0 amide bonds. The van der Waals surface area contributed by atoms with E-state index < -0.39 is 0 Å². The van der Waals surface area contributed by atoms with Crippen molar-refractivity contribution in [1.82, 2.24) is 0 Å². The molecule has 2 aliphatic carbocycles. The first-order chi connectivity index (χ1) is 5.24. The van der Waals surface area contributed by atoms with Crippen LogP contribution in [0.4, 0.5) is 0 Å². The summed E-state index contributed by atoms with van der Waals surface area (Å²) in [6.45, 7) is 4.82. The largest absolute Gasteiger partial charge is 0.0820 e. The van der Waals surface area contributed by atoms with Crippen LogP contribution >= 0.6 is 22.6 Å². The lowest BCUT2D eigenvalue weighted by molar-refractivity contribution is 0.262. The summed E-state index contributed by atoms with van der Waals surface area (Å²) in [7, 11) is 0. The third kappa shape index (κ3) is 1.14. The molecule has 1 heteroatoms. The van der Waals surface area contributed by atoms with Crippen LogP contribution < -0.4 is 0 Å². The Kier molecular flexibility index (Phi) is 2.19. The second-order valence-electron chi connectivity index (χ2n) is 4.39. The minimum absolute atomic E-state index is 1.01. The second kappa shape index (κ2) is 2.90. The molecule has 0 aromatic carbocycles. The first kappa shape index (κ1) is 8.33. The molecular weight excluding hydrogens is 247 g/mol. The Morgan fingerprint density at radius 2 is 2.09 bits per heavy atom. The van der Waals surface area contributed by atoms with E-state index in [9.17, 15) is 0 Å². The Morgan fingerprint density at radius 3 is 2.55 bits per heavy atom. The second-order valence-corrected chi connectivity index (χ2v) is 5.83. The zero-order valence-corrected chi connectivity index (χ0v) is 9.54. The summed E-state index contributed by atoms with van der Waals surface area (Å²) in [6, 6.07) is 0. The first-order valence-corrected chi connectivity index (χ1v) is 6.12. The van der Waals surface area contributed by atoms with Crippen LogP contribution in [0, 0.1) is 23.7 Å². The van der Waals surface area contributed by atoms with Crippen LogP contribution in [0.1, 0.15) is 33.1 Å². The van der Waals surface area contributed by atoms with E-state index in [1.807, 2.05) is 0 Å². The maximum atomic E-state index is 2.70. The van der Waals surface area contributed by atoms with Crippen molar-refractivity contribution in [2.75, 3.05) is 0 Å². The molecule has 0 N–H and O–H groups in total. The quantitative estimate of drug-likeness (QED) is 0.502. The monoisotopic (exact) mass is 264 g/mol. The third-order valence-electron chi connectivity index (χ3n) is 3.86. The van der Waals surface area contributed by atoms with E-state index in [0.29, 0.717) is 0 Å². The highest BCUT2D eigenvalue weighted by Gasteiger charge is 2.48. The lowest BCUT2D eigenvalue weighted by atomic mass is 9.80. The Balaban J connectivity index is 2.13. The molecule has 0 spiro atoms. The van der Waals surface area contributed by atoms with Crippen molar-refractivity contribution in [3.8, 4) is 0 Å². The number of hydrogen-bond acceptors (Lipinski definition) is 0. The third-order valence-corrected chi connectivity index (χ3v) is 5.80. The van der Waals surface area contributed by atoms with E-state index in [0.717, 1.165) is 27.6 Å². The molecule has 2 rings (SSSR count). The van der Waals surface area contributed by atoms with Gasteiger partial charge in [0.2, 0.25) is 0 Å². The molecule has 2 aliphatic rings. The number of fused-ring (bicyclic) bond motifs is 2. The van der Waals surface area contributed by atoms with Crippen molar-refractivity contribution < 1.29 is 0 Å². The topological polar surface area (TPSA) is 0 Å². The Morgan fingerprint density at radius 1 is 1.36 bits per heavy atom. The van der Waals surface area contributed by atoms with Crippen molar-refractivity contribution in [3.63, 3.8) is 0 Å². The summed E-state index contributed by atoms with van der Waals surface area (Å²) in [5.74, 6) is 4.27. The van der Waals surface area contributed by atoms with E-state index in [4.69, 9.17) is 0 Å². The molecule has 0 nitrogen and oxygen atoms in total. The van der Waals surface area contributed by atoms with Crippen molar-refractivity contribution in [2.24, 2.45) is 23.7 Å². The molecule has 2 fully saturated rings. The van der Waals surface area contributed by atoms with Gasteiger partial charge < -0.3 is 0 Å². The highest BCUT2D eigenvalue weighted by Crippen LogP contribution is 2.55. The highest BCUT2D eigenvalue weighted by atomic mass is 127. The van der Waals surface area contributed by atoms with Gasteiger partial charge in [-0.25, -0.2) is 0 Å². The van der Waals surface area contributed by atoms with Gasteiger partial charge in [-0.2, -0.15) is 0 Å². The van der Waals surface area contributed by atoms with Crippen molar-refractivity contribution >= 4 is 22.6 Å². The highest BCUT2D eigenvalue weighted by molar-refractivity contribution is 14.1. The fraction of sp³-hybridized carbons (Fsp3) is 1.00. The average Bonchev–Trinajstić information content (AvgIpc) is 2.45. The van der Waals surface area contributed by atoms with E-state index in [1.54, 1.807) is 6.42 Å². The molecule has 0 radical (unpaired) electrons. The Bertz CT molecular complexity index is 155. The van der Waals surface area contributed by atoms with E-state index in [2.05, 4.69) is 36.4 Å². The molecule has 0 aromatic heterocycles. The number of halogens is 1. The van der Waals surface area contributed by atoms with Gasteiger partial charge in [0.15, 0.2) is 0 Å². The maximum Gasteiger partial charge on any atom is 0.0169 e. The minimum atomic E-state index is 1.01. The summed E-state index contributed by atoms with van der Waals surface area (Å²) in [4.78, 5) is 0. The van der Waals surface area contributed by atoms with E-state index in [1.165, 1.54) is 12.8 Å². The molecule has 0 saturated heterocycles. The summed E-state index contributed by atoms with van der Waals surface area (Å²) in [5, 5.41) is 0. The molecule has 11 heavy (non-hydrogen) atoms. The molecule has 5 unspecified atom stereocenters. The zero-order chi connectivity index (χ0) is 8.01. The Hall–Kier alpha value is 0.730. The van der Waals surface area contributed by atoms with E-state index in [-0.39, 0.29) is 0 Å². The fourth-order valence-electron chi connectivity index (χ4n) is 3.30. The van der Waals surface area contributed by atoms with Gasteiger partial charge in [-0.05, 0) is 36.5 Å². The van der Waals surface area contributed by atoms with Crippen molar-refractivity contribution in [3.05, 3.63) is 0 Å².